The molecule has 1 aliphatic rings. The average Bonchev–Trinajstić information content (AvgIpc) is 2.05. The van der Waals surface area contributed by atoms with E-state index in [9.17, 15) is 0 Å². The van der Waals surface area contributed by atoms with Gasteiger partial charge in [0.05, 0.1) is 6.34 Å². The van der Waals surface area contributed by atoms with Crippen LogP contribution in [-0.2, 0) is 0 Å². The fourth-order valence-corrected chi connectivity index (χ4v) is 0.998. The van der Waals surface area contributed by atoms with Crippen LogP contribution >= 0.6 is 11.8 Å². The van der Waals surface area contributed by atoms with E-state index < -0.39 is 0 Å². The van der Waals surface area contributed by atoms with E-state index in [1.165, 1.54) is 0 Å². The highest BCUT2D eigenvalue weighted by molar-refractivity contribution is 8.13. The number of amidine groups is 1. The van der Waals surface area contributed by atoms with E-state index in [1.807, 2.05) is 12.6 Å². The SMILES string of the molecule is CCN1C=NC(SC)=NC1. The van der Waals surface area contributed by atoms with Crippen molar-refractivity contribution in [3.8, 4) is 0 Å². The Morgan fingerprint density at radius 2 is 2.60 bits per heavy atom. The van der Waals surface area contributed by atoms with Gasteiger partial charge in [-0.1, -0.05) is 11.8 Å². The predicted octanol–water partition coefficient (Wildman–Crippen LogP) is 1.03. The molecule has 1 heterocycles. The zero-order valence-corrected chi connectivity index (χ0v) is 7.06. The van der Waals surface area contributed by atoms with Crippen LogP contribution in [0.3, 0.4) is 0 Å². The van der Waals surface area contributed by atoms with Crippen molar-refractivity contribution in [2.24, 2.45) is 9.98 Å². The summed E-state index contributed by atoms with van der Waals surface area (Å²) in [6.07, 6.45) is 3.83. The molecule has 0 N–H and O–H groups in total. The summed E-state index contributed by atoms with van der Waals surface area (Å²) in [6.45, 7) is 3.83. The Bertz CT molecular complexity index is 164. The van der Waals surface area contributed by atoms with E-state index >= 15 is 0 Å². The van der Waals surface area contributed by atoms with Crippen molar-refractivity contribution >= 4 is 23.3 Å². The number of nitrogens with zero attached hydrogens (tertiary/aromatic N) is 3. The van der Waals surface area contributed by atoms with Crippen molar-refractivity contribution in [1.29, 1.82) is 0 Å². The van der Waals surface area contributed by atoms with Gasteiger partial charge in [0.2, 0.25) is 0 Å². The van der Waals surface area contributed by atoms with Crippen molar-refractivity contribution in [2.75, 3.05) is 19.5 Å². The molecule has 56 valence electrons. The fraction of sp³-hybridized carbons (Fsp3) is 0.667. The zero-order valence-electron chi connectivity index (χ0n) is 6.24. The summed E-state index contributed by atoms with van der Waals surface area (Å²) >= 11 is 1.58. The molecule has 0 atom stereocenters. The standard InChI is InChI=1S/C6H11N3S/c1-3-9-4-7-6(10-2)8-5-9/h4H,3,5H2,1-2H3. The van der Waals surface area contributed by atoms with Gasteiger partial charge < -0.3 is 4.90 Å². The molecule has 1 rings (SSSR count). The molecule has 0 radical (unpaired) electrons. The maximum absolute atomic E-state index is 4.21. The highest BCUT2D eigenvalue weighted by Gasteiger charge is 2.02. The summed E-state index contributed by atoms with van der Waals surface area (Å²) in [5, 5.41) is 0.879. The summed E-state index contributed by atoms with van der Waals surface area (Å²) in [4.78, 5) is 10.4. The lowest BCUT2D eigenvalue weighted by Crippen LogP contribution is -2.25. The van der Waals surface area contributed by atoms with Crippen LogP contribution < -0.4 is 0 Å². The second-order valence-electron chi connectivity index (χ2n) is 1.94. The van der Waals surface area contributed by atoms with Gasteiger partial charge in [0.1, 0.15) is 6.67 Å². The highest BCUT2D eigenvalue weighted by atomic mass is 32.2. The van der Waals surface area contributed by atoms with Gasteiger partial charge in [-0.25, -0.2) is 9.98 Å². The van der Waals surface area contributed by atoms with Crippen molar-refractivity contribution < 1.29 is 0 Å². The largest absolute Gasteiger partial charge is 0.343 e. The first-order valence-electron chi connectivity index (χ1n) is 3.23. The number of thioether (sulfide) groups is 1. The van der Waals surface area contributed by atoms with Crippen LogP contribution in [0.2, 0.25) is 0 Å². The van der Waals surface area contributed by atoms with E-state index in [2.05, 4.69) is 21.8 Å². The van der Waals surface area contributed by atoms with Crippen LogP contribution in [0.15, 0.2) is 9.98 Å². The summed E-state index contributed by atoms with van der Waals surface area (Å²) in [6, 6.07) is 0. The molecule has 3 nitrogen and oxygen atoms in total. The fourth-order valence-electron chi connectivity index (χ4n) is 0.659. The zero-order chi connectivity index (χ0) is 7.40. The van der Waals surface area contributed by atoms with Crippen molar-refractivity contribution in [1.82, 2.24) is 4.90 Å². The maximum Gasteiger partial charge on any atom is 0.185 e. The Labute approximate surface area is 65.2 Å². The van der Waals surface area contributed by atoms with Gasteiger partial charge in [0.15, 0.2) is 5.17 Å². The molecule has 0 unspecified atom stereocenters. The molecule has 0 spiro atoms. The summed E-state index contributed by atoms with van der Waals surface area (Å²) < 4.78 is 0. The minimum absolute atomic E-state index is 0.760. The van der Waals surface area contributed by atoms with E-state index in [4.69, 9.17) is 0 Å². The Morgan fingerprint density at radius 3 is 3.00 bits per heavy atom. The van der Waals surface area contributed by atoms with Crippen LogP contribution in [-0.4, -0.2) is 35.9 Å². The van der Waals surface area contributed by atoms with Gasteiger partial charge in [0, 0.05) is 6.54 Å². The van der Waals surface area contributed by atoms with Gasteiger partial charge in [-0.15, -0.1) is 0 Å². The molecule has 0 saturated carbocycles. The van der Waals surface area contributed by atoms with E-state index in [0.717, 1.165) is 18.4 Å². The lowest BCUT2D eigenvalue weighted by Gasteiger charge is -2.17. The van der Waals surface area contributed by atoms with E-state index in [1.54, 1.807) is 11.8 Å². The van der Waals surface area contributed by atoms with Gasteiger partial charge in [0.25, 0.3) is 0 Å². The molecule has 0 aromatic heterocycles. The number of hydrogen-bond donors (Lipinski definition) is 0. The number of hydrogen-bond acceptors (Lipinski definition) is 4. The molecule has 0 aliphatic carbocycles. The van der Waals surface area contributed by atoms with Crippen LogP contribution in [0.25, 0.3) is 0 Å². The number of aliphatic imine (C=N–C) groups is 2. The van der Waals surface area contributed by atoms with Crippen LogP contribution in [0.5, 0.6) is 0 Å². The third-order valence-electron chi connectivity index (χ3n) is 1.31. The average molecular weight is 157 g/mol. The lowest BCUT2D eigenvalue weighted by molar-refractivity contribution is 0.465. The van der Waals surface area contributed by atoms with Crippen molar-refractivity contribution in [3.05, 3.63) is 0 Å². The molecular weight excluding hydrogens is 146 g/mol. The van der Waals surface area contributed by atoms with Crippen LogP contribution in [0.4, 0.5) is 0 Å². The lowest BCUT2D eigenvalue weighted by atomic mass is 10.6. The molecule has 0 bridgehead atoms. The second-order valence-corrected chi connectivity index (χ2v) is 2.71. The molecule has 0 aromatic rings. The van der Waals surface area contributed by atoms with Crippen molar-refractivity contribution in [2.45, 2.75) is 6.92 Å². The molecule has 0 aromatic carbocycles. The molecule has 0 amide bonds. The van der Waals surface area contributed by atoms with Gasteiger partial charge in [-0.3, -0.25) is 0 Å². The molecule has 0 saturated heterocycles. The normalized spacial score (nSPS) is 17.4. The third kappa shape index (κ3) is 1.73. The van der Waals surface area contributed by atoms with Crippen LogP contribution in [0, 0.1) is 0 Å². The Kier molecular flexibility index (Phi) is 2.74. The quantitative estimate of drug-likeness (QED) is 0.568. The summed E-state index contributed by atoms with van der Waals surface area (Å²) in [5.74, 6) is 0. The first-order valence-corrected chi connectivity index (χ1v) is 4.46. The van der Waals surface area contributed by atoms with Gasteiger partial charge >= 0.3 is 0 Å². The maximum atomic E-state index is 4.21. The minimum atomic E-state index is 0.760. The molecule has 10 heavy (non-hydrogen) atoms. The molecule has 0 fully saturated rings. The van der Waals surface area contributed by atoms with E-state index in [0.29, 0.717) is 0 Å². The molecular formula is C6H11N3S. The van der Waals surface area contributed by atoms with Crippen molar-refractivity contribution in [3.63, 3.8) is 0 Å². The number of rotatable bonds is 1. The Morgan fingerprint density at radius 1 is 1.80 bits per heavy atom. The van der Waals surface area contributed by atoms with Gasteiger partial charge in [-0.05, 0) is 13.2 Å². The summed E-state index contributed by atoms with van der Waals surface area (Å²) in [7, 11) is 0. The monoisotopic (exact) mass is 157 g/mol. The minimum Gasteiger partial charge on any atom is -0.343 e. The molecule has 4 heteroatoms. The Balaban J connectivity index is 2.46. The third-order valence-corrected chi connectivity index (χ3v) is 1.91. The Hall–Kier alpha value is -0.510. The summed E-state index contributed by atoms with van der Waals surface area (Å²) in [5.41, 5.74) is 0. The van der Waals surface area contributed by atoms with Gasteiger partial charge in [-0.2, -0.15) is 0 Å². The highest BCUT2D eigenvalue weighted by Crippen LogP contribution is 2.03. The van der Waals surface area contributed by atoms with Crippen LogP contribution in [0.1, 0.15) is 6.92 Å². The second kappa shape index (κ2) is 3.61. The molecule has 1 aliphatic heterocycles. The predicted molar refractivity (Wildman–Crippen MR) is 46.7 cm³/mol. The smallest absolute Gasteiger partial charge is 0.185 e. The van der Waals surface area contributed by atoms with E-state index in [-0.39, 0.29) is 0 Å². The topological polar surface area (TPSA) is 28.0 Å². The first-order chi connectivity index (χ1) is 4.86. The first kappa shape index (κ1) is 7.60.